The summed E-state index contributed by atoms with van der Waals surface area (Å²) in [5, 5.41) is 12.0. The van der Waals surface area contributed by atoms with E-state index in [1.165, 1.54) is 5.56 Å². The number of hydrogen-bond acceptors (Lipinski definition) is 4. The highest BCUT2D eigenvalue weighted by Gasteiger charge is 2.37. The van der Waals surface area contributed by atoms with Crippen LogP contribution in [0.15, 0.2) is 108 Å². The fourth-order valence-corrected chi connectivity index (χ4v) is 4.79. The van der Waals surface area contributed by atoms with Gasteiger partial charge < -0.3 is 14.3 Å². The number of nitrogens with zero attached hydrogens (tertiary/aromatic N) is 1. The van der Waals surface area contributed by atoms with E-state index in [0.717, 1.165) is 49.4 Å². The minimum absolute atomic E-state index is 0.253. The lowest BCUT2D eigenvalue weighted by Gasteiger charge is -2.28. The zero-order valence-corrected chi connectivity index (χ0v) is 19.3. The van der Waals surface area contributed by atoms with Crippen molar-refractivity contribution in [3.8, 4) is 0 Å². The second kappa shape index (κ2) is 10.4. The molecule has 1 atom stereocenters. The molecule has 4 nitrogen and oxygen atoms in total. The van der Waals surface area contributed by atoms with Crippen molar-refractivity contribution in [3.63, 3.8) is 0 Å². The number of benzene rings is 3. The van der Waals surface area contributed by atoms with E-state index in [-0.39, 0.29) is 6.10 Å². The molecule has 0 spiro atoms. The second-order valence-electron chi connectivity index (χ2n) is 9.00. The Labute approximate surface area is 201 Å². The van der Waals surface area contributed by atoms with Gasteiger partial charge in [-0.1, -0.05) is 91.0 Å². The molecule has 2 heterocycles. The first-order valence-corrected chi connectivity index (χ1v) is 12.0. The van der Waals surface area contributed by atoms with E-state index >= 15 is 0 Å². The van der Waals surface area contributed by atoms with Gasteiger partial charge in [-0.15, -0.1) is 0 Å². The average molecular weight is 454 g/mol. The van der Waals surface area contributed by atoms with E-state index < -0.39 is 5.60 Å². The van der Waals surface area contributed by atoms with E-state index in [0.29, 0.717) is 12.3 Å². The van der Waals surface area contributed by atoms with Gasteiger partial charge in [0.2, 0.25) is 0 Å². The molecule has 1 N–H and O–H groups in total. The topological polar surface area (TPSA) is 45.8 Å². The van der Waals surface area contributed by atoms with Crippen molar-refractivity contribution in [1.82, 2.24) is 4.90 Å². The number of furan rings is 1. The fourth-order valence-electron chi connectivity index (χ4n) is 4.79. The lowest BCUT2D eigenvalue weighted by Crippen LogP contribution is -2.31. The number of rotatable bonds is 9. The van der Waals surface area contributed by atoms with Gasteiger partial charge in [-0.25, -0.2) is 0 Å². The Morgan fingerprint density at radius 1 is 0.765 bits per heavy atom. The summed E-state index contributed by atoms with van der Waals surface area (Å²) in [4.78, 5) is 2.37. The Bertz CT molecular complexity index is 1110. The van der Waals surface area contributed by atoms with Crippen LogP contribution >= 0.6 is 0 Å². The van der Waals surface area contributed by atoms with Crippen molar-refractivity contribution in [2.45, 2.75) is 37.6 Å². The van der Waals surface area contributed by atoms with Gasteiger partial charge in [0.05, 0.1) is 12.6 Å². The van der Waals surface area contributed by atoms with Gasteiger partial charge in [0.15, 0.2) is 5.60 Å². The van der Waals surface area contributed by atoms with Crippen LogP contribution in [0.25, 0.3) is 0 Å². The SMILES string of the molecule is OC(c1ccccc1)(c1ccccc1)c1ccc(CN(Cc2ccccc2)C[C@@H]2CCCO2)o1. The molecule has 3 aromatic carbocycles. The van der Waals surface area contributed by atoms with Gasteiger partial charge in [-0.3, -0.25) is 4.90 Å². The largest absolute Gasteiger partial charge is 0.461 e. The van der Waals surface area contributed by atoms with Crippen LogP contribution in [0.2, 0.25) is 0 Å². The molecule has 34 heavy (non-hydrogen) atoms. The van der Waals surface area contributed by atoms with Crippen molar-refractivity contribution in [2.24, 2.45) is 0 Å². The molecule has 4 aromatic rings. The van der Waals surface area contributed by atoms with Crippen LogP contribution in [0.4, 0.5) is 0 Å². The predicted octanol–water partition coefficient (Wildman–Crippen LogP) is 5.75. The molecular formula is C30H31NO3. The Morgan fingerprint density at radius 2 is 1.38 bits per heavy atom. The molecule has 1 aromatic heterocycles. The zero-order chi connectivity index (χ0) is 23.2. The van der Waals surface area contributed by atoms with Crippen LogP contribution in [0, 0.1) is 0 Å². The van der Waals surface area contributed by atoms with Gasteiger partial charge in [-0.05, 0) is 41.7 Å². The molecule has 0 amide bonds. The Hall–Kier alpha value is -3.18. The van der Waals surface area contributed by atoms with E-state index in [4.69, 9.17) is 9.15 Å². The lowest BCUT2D eigenvalue weighted by atomic mass is 9.84. The van der Waals surface area contributed by atoms with Crippen molar-refractivity contribution in [2.75, 3.05) is 13.2 Å². The molecule has 0 aliphatic carbocycles. The van der Waals surface area contributed by atoms with Crippen LogP contribution in [-0.2, 0) is 23.4 Å². The first-order valence-electron chi connectivity index (χ1n) is 12.0. The molecule has 174 valence electrons. The van der Waals surface area contributed by atoms with Gasteiger partial charge in [0, 0.05) is 19.7 Å². The van der Waals surface area contributed by atoms with E-state index in [9.17, 15) is 5.11 Å². The first-order chi connectivity index (χ1) is 16.7. The van der Waals surface area contributed by atoms with Gasteiger partial charge in [-0.2, -0.15) is 0 Å². The molecule has 0 unspecified atom stereocenters. The normalized spacial score (nSPS) is 16.2. The molecule has 0 bridgehead atoms. The summed E-state index contributed by atoms with van der Waals surface area (Å²) in [6.07, 6.45) is 2.47. The summed E-state index contributed by atoms with van der Waals surface area (Å²) in [5.41, 5.74) is 1.46. The minimum Gasteiger partial charge on any atom is -0.461 e. The number of aliphatic hydroxyl groups is 1. The van der Waals surface area contributed by atoms with E-state index in [1.807, 2.05) is 78.9 Å². The zero-order valence-electron chi connectivity index (χ0n) is 19.3. The first kappa shape index (κ1) is 22.6. The molecular weight excluding hydrogens is 422 g/mol. The molecule has 1 aliphatic rings. The summed E-state index contributed by atoms with van der Waals surface area (Å²) in [6, 6.07) is 33.8. The monoisotopic (exact) mass is 453 g/mol. The minimum atomic E-state index is -1.36. The molecule has 1 saturated heterocycles. The number of hydrogen-bond donors (Lipinski definition) is 1. The maximum atomic E-state index is 12.0. The molecule has 4 heteroatoms. The van der Waals surface area contributed by atoms with Crippen molar-refractivity contribution >= 4 is 0 Å². The molecule has 0 saturated carbocycles. The Kier molecular flexibility index (Phi) is 6.91. The summed E-state index contributed by atoms with van der Waals surface area (Å²) in [6.45, 7) is 3.16. The van der Waals surface area contributed by atoms with Crippen LogP contribution in [0.5, 0.6) is 0 Å². The molecule has 1 aliphatic heterocycles. The average Bonchev–Trinajstić information content (AvgIpc) is 3.58. The highest BCUT2D eigenvalue weighted by molar-refractivity contribution is 5.43. The van der Waals surface area contributed by atoms with E-state index in [2.05, 4.69) is 29.2 Å². The quantitative estimate of drug-likeness (QED) is 0.351. The van der Waals surface area contributed by atoms with E-state index in [1.54, 1.807) is 0 Å². The van der Waals surface area contributed by atoms with Crippen LogP contribution in [-0.4, -0.2) is 29.3 Å². The third-order valence-electron chi connectivity index (χ3n) is 6.52. The second-order valence-corrected chi connectivity index (χ2v) is 9.00. The fraction of sp³-hybridized carbons (Fsp3) is 0.267. The van der Waals surface area contributed by atoms with Crippen molar-refractivity contribution < 1.29 is 14.3 Å². The van der Waals surface area contributed by atoms with Gasteiger partial charge in [0.25, 0.3) is 0 Å². The van der Waals surface area contributed by atoms with Crippen molar-refractivity contribution in [3.05, 3.63) is 131 Å². The third-order valence-corrected chi connectivity index (χ3v) is 6.52. The van der Waals surface area contributed by atoms with Gasteiger partial charge >= 0.3 is 0 Å². The molecule has 1 fully saturated rings. The smallest absolute Gasteiger partial charge is 0.173 e. The lowest BCUT2D eigenvalue weighted by molar-refractivity contribution is 0.0630. The molecule has 5 rings (SSSR count). The molecule has 0 radical (unpaired) electrons. The maximum Gasteiger partial charge on any atom is 0.173 e. The third kappa shape index (κ3) is 5.00. The van der Waals surface area contributed by atoms with Crippen LogP contribution < -0.4 is 0 Å². The predicted molar refractivity (Wildman–Crippen MR) is 133 cm³/mol. The summed E-state index contributed by atoms with van der Waals surface area (Å²) in [5.74, 6) is 1.35. The van der Waals surface area contributed by atoms with Crippen molar-refractivity contribution in [1.29, 1.82) is 0 Å². The number of ether oxygens (including phenoxy) is 1. The maximum absolute atomic E-state index is 12.0. The van der Waals surface area contributed by atoms with Gasteiger partial charge in [0.1, 0.15) is 11.5 Å². The van der Waals surface area contributed by atoms with Crippen LogP contribution in [0.3, 0.4) is 0 Å². The highest BCUT2D eigenvalue weighted by Crippen LogP contribution is 2.37. The van der Waals surface area contributed by atoms with Crippen LogP contribution in [0.1, 0.15) is 41.1 Å². The standard InChI is InChI=1S/C30H31NO3/c32-30(25-13-6-2-7-14-25,26-15-8-3-9-16-26)29-19-18-28(34-29)23-31(22-27-17-10-20-33-27)21-24-11-4-1-5-12-24/h1-9,11-16,18-19,27,32H,10,17,20-23H2/t27-/m0/s1. The Morgan fingerprint density at radius 3 is 1.97 bits per heavy atom. The summed E-state index contributed by atoms with van der Waals surface area (Å²) >= 11 is 0. The summed E-state index contributed by atoms with van der Waals surface area (Å²) < 4.78 is 12.3. The Balaban J connectivity index is 1.43. The summed E-state index contributed by atoms with van der Waals surface area (Å²) in [7, 11) is 0. The highest BCUT2D eigenvalue weighted by atomic mass is 16.5.